The second-order valence-corrected chi connectivity index (χ2v) is 9.24. The Bertz CT molecular complexity index is 1120. The number of aliphatic hydroxyl groups is 1. The van der Waals surface area contributed by atoms with Crippen LogP contribution in [0.2, 0.25) is 0 Å². The van der Waals surface area contributed by atoms with E-state index < -0.39 is 50.7 Å². The molecule has 31 heavy (non-hydrogen) atoms. The van der Waals surface area contributed by atoms with Gasteiger partial charge in [0.05, 0.1) is 24.3 Å². The van der Waals surface area contributed by atoms with Crippen LogP contribution in [0.1, 0.15) is 18.1 Å². The molecule has 0 unspecified atom stereocenters. The monoisotopic (exact) mass is 459 g/mol. The second kappa shape index (κ2) is 8.07. The van der Waals surface area contributed by atoms with Gasteiger partial charge in [0.25, 0.3) is 10.0 Å². The van der Waals surface area contributed by atoms with Gasteiger partial charge in [-0.25, -0.2) is 17.8 Å². The number of nitriles is 1. The lowest BCUT2D eigenvalue weighted by Crippen LogP contribution is -2.38. The summed E-state index contributed by atoms with van der Waals surface area (Å²) in [6.45, 7) is 0.651. The summed E-state index contributed by atoms with van der Waals surface area (Å²) in [4.78, 5) is 3.44. The molecule has 0 bridgehead atoms. The summed E-state index contributed by atoms with van der Waals surface area (Å²) < 4.78 is 84.4. The number of hydrogen-bond acceptors (Lipinski definition) is 6. The van der Waals surface area contributed by atoms with E-state index in [1.807, 2.05) is 0 Å². The Morgan fingerprint density at radius 1 is 1.35 bits per heavy atom. The van der Waals surface area contributed by atoms with Crippen LogP contribution < -0.4 is 4.74 Å². The molecule has 0 spiro atoms. The number of aliphatic hydroxyl groups excluding tert-OH is 1. The number of aromatic nitrogens is 1. The van der Waals surface area contributed by atoms with Crippen molar-refractivity contribution < 1.29 is 35.8 Å². The van der Waals surface area contributed by atoms with E-state index in [9.17, 15) is 31.1 Å². The van der Waals surface area contributed by atoms with Crippen LogP contribution in [0, 0.1) is 22.6 Å². The van der Waals surface area contributed by atoms with Gasteiger partial charge in [-0.1, -0.05) is 6.92 Å². The molecule has 0 radical (unpaired) electrons. The van der Waals surface area contributed by atoms with E-state index in [0.29, 0.717) is 12.3 Å². The van der Waals surface area contributed by atoms with Gasteiger partial charge in [0.2, 0.25) is 0 Å². The molecule has 166 valence electrons. The van der Waals surface area contributed by atoms with Gasteiger partial charge in [0.1, 0.15) is 23.7 Å². The lowest BCUT2D eigenvalue weighted by Gasteiger charge is -2.28. The predicted molar refractivity (Wildman–Crippen MR) is 98.7 cm³/mol. The van der Waals surface area contributed by atoms with Gasteiger partial charge in [-0.3, -0.25) is 0 Å². The van der Waals surface area contributed by atoms with Crippen LogP contribution >= 0.6 is 0 Å². The maximum Gasteiger partial charge on any atom is 0.417 e. The van der Waals surface area contributed by atoms with E-state index in [0.717, 1.165) is 16.4 Å². The molecule has 1 aliphatic heterocycles. The molecule has 7 nitrogen and oxygen atoms in total. The first-order valence-electron chi connectivity index (χ1n) is 8.91. The van der Waals surface area contributed by atoms with Crippen LogP contribution in [0.5, 0.6) is 5.75 Å². The Kier molecular flexibility index (Phi) is 5.96. The Balaban J connectivity index is 1.85. The molecule has 1 fully saturated rings. The highest BCUT2D eigenvalue weighted by Gasteiger charge is 2.49. The van der Waals surface area contributed by atoms with Gasteiger partial charge < -0.3 is 9.84 Å². The van der Waals surface area contributed by atoms with Crippen molar-refractivity contribution in [1.29, 1.82) is 5.26 Å². The van der Waals surface area contributed by atoms with E-state index in [1.165, 1.54) is 12.1 Å². The standard InChI is InChI=1S/C19H17F4N3O4S/c1-18(11-27)10-26(9-16(18)30-14-4-2-12(7-24)15(20)6-14)31(28,29)17-5-3-13(8-25-17)19(21,22)23/h2-6,8,16,27H,9-11H2,1H3/t16-,18-/m0/s1. The fraction of sp³-hybridized carbons (Fsp3) is 0.368. The van der Waals surface area contributed by atoms with Gasteiger partial charge in [-0.2, -0.15) is 22.7 Å². The molecule has 12 heteroatoms. The van der Waals surface area contributed by atoms with E-state index in [2.05, 4.69) is 4.98 Å². The smallest absolute Gasteiger partial charge is 0.417 e. The molecule has 2 aromatic rings. The Labute approximate surface area is 175 Å². The second-order valence-electron chi connectivity index (χ2n) is 7.35. The zero-order valence-electron chi connectivity index (χ0n) is 16.1. The summed E-state index contributed by atoms with van der Waals surface area (Å²) in [5.74, 6) is -0.782. The first-order chi connectivity index (χ1) is 14.4. The molecule has 3 rings (SSSR count). The van der Waals surface area contributed by atoms with Crippen LogP contribution in [-0.2, 0) is 16.2 Å². The van der Waals surface area contributed by atoms with Gasteiger partial charge in [0, 0.05) is 24.2 Å². The largest absolute Gasteiger partial charge is 0.488 e. The van der Waals surface area contributed by atoms with Crippen molar-refractivity contribution in [2.24, 2.45) is 5.41 Å². The molecular formula is C19H17F4N3O4S. The van der Waals surface area contributed by atoms with Crippen molar-refractivity contribution in [3.05, 3.63) is 53.5 Å². The zero-order valence-corrected chi connectivity index (χ0v) is 16.9. The Morgan fingerprint density at radius 3 is 2.58 bits per heavy atom. The molecule has 1 aromatic heterocycles. The van der Waals surface area contributed by atoms with Crippen LogP contribution in [-0.4, -0.2) is 48.6 Å². The molecule has 2 atom stereocenters. The maximum absolute atomic E-state index is 13.9. The van der Waals surface area contributed by atoms with Crippen LogP contribution in [0.15, 0.2) is 41.6 Å². The summed E-state index contributed by atoms with van der Waals surface area (Å²) in [5, 5.41) is 18.1. The highest BCUT2D eigenvalue weighted by molar-refractivity contribution is 7.89. The average molecular weight is 459 g/mol. The number of rotatable bonds is 5. The van der Waals surface area contributed by atoms with E-state index >= 15 is 0 Å². The van der Waals surface area contributed by atoms with Crippen molar-refractivity contribution in [3.8, 4) is 11.8 Å². The third-order valence-corrected chi connectivity index (χ3v) is 6.78. The fourth-order valence-electron chi connectivity index (χ4n) is 3.15. The summed E-state index contributed by atoms with van der Waals surface area (Å²) in [7, 11) is -4.28. The van der Waals surface area contributed by atoms with Crippen LogP contribution in [0.25, 0.3) is 0 Å². The van der Waals surface area contributed by atoms with Crippen molar-refractivity contribution >= 4 is 10.0 Å². The summed E-state index contributed by atoms with van der Waals surface area (Å²) in [6, 6.07) is 6.57. The minimum atomic E-state index is -4.66. The van der Waals surface area contributed by atoms with Gasteiger partial charge in [-0.05, 0) is 24.3 Å². The van der Waals surface area contributed by atoms with E-state index in [-0.39, 0.29) is 24.4 Å². The molecule has 1 aliphatic rings. The molecular weight excluding hydrogens is 442 g/mol. The number of hydrogen-bond donors (Lipinski definition) is 1. The van der Waals surface area contributed by atoms with Crippen LogP contribution in [0.4, 0.5) is 17.6 Å². The number of halogens is 4. The Morgan fingerprint density at radius 2 is 2.06 bits per heavy atom. The highest BCUT2D eigenvalue weighted by Crippen LogP contribution is 2.36. The molecule has 1 saturated heterocycles. The molecule has 2 heterocycles. The van der Waals surface area contributed by atoms with E-state index in [1.54, 1.807) is 13.0 Å². The molecule has 0 amide bonds. The SMILES string of the molecule is C[C@@]1(CO)CN(S(=O)(=O)c2ccc(C(F)(F)F)cn2)C[C@@H]1Oc1ccc(C#N)c(F)c1. The number of nitrogens with zero attached hydrogens (tertiary/aromatic N) is 3. The lowest BCUT2D eigenvalue weighted by molar-refractivity contribution is -0.137. The summed E-state index contributed by atoms with van der Waals surface area (Å²) in [6.07, 6.45) is -5.12. The lowest BCUT2D eigenvalue weighted by atomic mass is 9.88. The van der Waals surface area contributed by atoms with Crippen molar-refractivity contribution in [3.63, 3.8) is 0 Å². The number of sulfonamides is 1. The quantitative estimate of drug-likeness (QED) is 0.690. The topological polar surface area (TPSA) is 104 Å². The Hall–Kier alpha value is -2.75. The van der Waals surface area contributed by atoms with Crippen molar-refractivity contribution in [2.45, 2.75) is 24.2 Å². The molecule has 0 saturated carbocycles. The highest BCUT2D eigenvalue weighted by atomic mass is 32.2. The first kappa shape index (κ1) is 22.9. The number of ether oxygens (including phenoxy) is 1. The predicted octanol–water partition coefficient (Wildman–Crippen LogP) is 2.56. The normalized spacial score (nSPS) is 22.3. The van der Waals surface area contributed by atoms with Gasteiger partial charge in [0.15, 0.2) is 5.03 Å². The number of pyridine rings is 1. The zero-order chi connectivity index (χ0) is 23.0. The molecule has 1 aromatic carbocycles. The fourth-order valence-corrected chi connectivity index (χ4v) is 4.63. The van der Waals surface area contributed by atoms with Crippen molar-refractivity contribution in [2.75, 3.05) is 19.7 Å². The third kappa shape index (κ3) is 4.48. The average Bonchev–Trinajstić information content (AvgIpc) is 3.05. The van der Waals surface area contributed by atoms with Gasteiger partial charge >= 0.3 is 6.18 Å². The molecule has 0 aliphatic carbocycles. The minimum Gasteiger partial charge on any atom is -0.488 e. The third-order valence-electron chi connectivity index (χ3n) is 5.05. The van der Waals surface area contributed by atoms with Crippen LogP contribution in [0.3, 0.4) is 0 Å². The van der Waals surface area contributed by atoms with E-state index in [4.69, 9.17) is 10.00 Å². The van der Waals surface area contributed by atoms with Crippen molar-refractivity contribution in [1.82, 2.24) is 9.29 Å². The summed E-state index contributed by atoms with van der Waals surface area (Å²) in [5.41, 5.74) is -2.36. The minimum absolute atomic E-state index is 0.0353. The summed E-state index contributed by atoms with van der Waals surface area (Å²) >= 11 is 0. The number of alkyl halides is 3. The van der Waals surface area contributed by atoms with Gasteiger partial charge in [-0.15, -0.1) is 0 Å². The number of benzene rings is 1. The molecule has 1 N–H and O–H groups in total. The first-order valence-corrected chi connectivity index (χ1v) is 10.4. The maximum atomic E-state index is 13.9.